The Morgan fingerprint density at radius 1 is 1.25 bits per heavy atom. The lowest BCUT2D eigenvalue weighted by Crippen LogP contribution is -2.37. The fourth-order valence-corrected chi connectivity index (χ4v) is 2.33. The number of aliphatic imine (C=N–C) groups is 1. The maximum absolute atomic E-state index is 6.15. The molecule has 0 bridgehead atoms. The van der Waals surface area contributed by atoms with E-state index < -0.39 is 0 Å². The lowest BCUT2D eigenvalue weighted by molar-refractivity contribution is 0.397. The van der Waals surface area contributed by atoms with Crippen LogP contribution < -0.4 is 15.4 Å². The standard InChI is InChI=1S/C17H21ClN4O.HI/c1-19-17(21-10-8-14-5-3-4-6-15(14)18)22-12-13-7-9-20-16(11-13)23-2;/h3-7,9,11H,8,10,12H2,1-2H3,(H2,19,21,22);1H. The van der Waals surface area contributed by atoms with E-state index in [0.717, 1.165) is 35.1 Å². The summed E-state index contributed by atoms with van der Waals surface area (Å²) in [4.78, 5) is 8.30. The maximum atomic E-state index is 6.15. The number of rotatable bonds is 6. The van der Waals surface area contributed by atoms with E-state index in [9.17, 15) is 0 Å². The van der Waals surface area contributed by atoms with Gasteiger partial charge in [0.05, 0.1) is 7.11 Å². The molecule has 0 aliphatic carbocycles. The molecule has 1 aromatic heterocycles. The fourth-order valence-electron chi connectivity index (χ4n) is 2.10. The van der Waals surface area contributed by atoms with Gasteiger partial charge >= 0.3 is 0 Å². The minimum absolute atomic E-state index is 0. The third-order valence-electron chi connectivity index (χ3n) is 3.34. The van der Waals surface area contributed by atoms with Gasteiger partial charge in [-0.25, -0.2) is 4.98 Å². The Kier molecular flexibility index (Phi) is 9.48. The minimum Gasteiger partial charge on any atom is -0.481 e. The van der Waals surface area contributed by atoms with Gasteiger partial charge in [0, 0.05) is 37.4 Å². The molecule has 2 rings (SSSR count). The molecule has 0 aliphatic rings. The SMILES string of the molecule is CN=C(NCCc1ccccc1Cl)NCc1ccnc(OC)c1.I. The first-order valence-corrected chi connectivity index (χ1v) is 7.77. The van der Waals surface area contributed by atoms with Crippen molar-refractivity contribution in [1.82, 2.24) is 15.6 Å². The van der Waals surface area contributed by atoms with Crippen molar-refractivity contribution in [3.63, 3.8) is 0 Å². The van der Waals surface area contributed by atoms with Gasteiger partial charge in [0.1, 0.15) is 0 Å². The van der Waals surface area contributed by atoms with E-state index in [1.807, 2.05) is 36.4 Å². The summed E-state index contributed by atoms with van der Waals surface area (Å²) < 4.78 is 5.12. The third-order valence-corrected chi connectivity index (χ3v) is 3.71. The molecule has 0 radical (unpaired) electrons. The minimum atomic E-state index is 0. The molecule has 0 saturated carbocycles. The monoisotopic (exact) mass is 460 g/mol. The van der Waals surface area contributed by atoms with Gasteiger partial charge in [0.15, 0.2) is 5.96 Å². The highest BCUT2D eigenvalue weighted by Gasteiger charge is 2.02. The van der Waals surface area contributed by atoms with Crippen molar-refractivity contribution in [1.29, 1.82) is 0 Å². The Bertz CT molecular complexity index is 667. The topological polar surface area (TPSA) is 58.5 Å². The first kappa shape index (κ1) is 20.5. The number of nitrogens with one attached hydrogen (secondary N) is 2. The van der Waals surface area contributed by atoms with Crippen LogP contribution in [0.2, 0.25) is 5.02 Å². The first-order chi connectivity index (χ1) is 11.2. The van der Waals surface area contributed by atoms with Crippen LogP contribution >= 0.6 is 35.6 Å². The van der Waals surface area contributed by atoms with Crippen LogP contribution in [0.3, 0.4) is 0 Å². The second kappa shape index (κ2) is 11.1. The summed E-state index contributed by atoms with van der Waals surface area (Å²) in [5, 5.41) is 7.33. The van der Waals surface area contributed by atoms with E-state index in [4.69, 9.17) is 16.3 Å². The summed E-state index contributed by atoms with van der Waals surface area (Å²) in [5.74, 6) is 1.35. The largest absolute Gasteiger partial charge is 0.481 e. The Balaban J connectivity index is 0.00000288. The number of ether oxygens (including phenoxy) is 1. The summed E-state index contributed by atoms with van der Waals surface area (Å²) in [5.41, 5.74) is 2.20. The molecule has 24 heavy (non-hydrogen) atoms. The highest BCUT2D eigenvalue weighted by molar-refractivity contribution is 14.0. The zero-order valence-electron chi connectivity index (χ0n) is 13.8. The summed E-state index contributed by atoms with van der Waals surface area (Å²) in [6, 6.07) is 11.7. The molecule has 1 aromatic carbocycles. The normalized spacial score (nSPS) is 10.7. The molecule has 0 fully saturated rings. The lowest BCUT2D eigenvalue weighted by Gasteiger charge is -2.12. The molecule has 0 aliphatic heterocycles. The summed E-state index contributed by atoms with van der Waals surface area (Å²) in [6.07, 6.45) is 2.56. The predicted octanol–water partition coefficient (Wildman–Crippen LogP) is 3.27. The number of aromatic nitrogens is 1. The first-order valence-electron chi connectivity index (χ1n) is 7.39. The Labute approximate surface area is 164 Å². The molecule has 0 saturated heterocycles. The van der Waals surface area contributed by atoms with Crippen LogP contribution in [0.25, 0.3) is 0 Å². The molecule has 1 heterocycles. The van der Waals surface area contributed by atoms with E-state index in [1.165, 1.54) is 0 Å². The van der Waals surface area contributed by atoms with Crippen LogP contribution in [-0.4, -0.2) is 31.6 Å². The average Bonchev–Trinajstić information content (AvgIpc) is 2.59. The van der Waals surface area contributed by atoms with Crippen LogP contribution in [0, 0.1) is 0 Å². The Morgan fingerprint density at radius 3 is 2.75 bits per heavy atom. The van der Waals surface area contributed by atoms with E-state index in [0.29, 0.717) is 12.4 Å². The molecule has 7 heteroatoms. The van der Waals surface area contributed by atoms with Gasteiger partial charge in [0.25, 0.3) is 0 Å². The van der Waals surface area contributed by atoms with Crippen molar-refractivity contribution in [2.24, 2.45) is 4.99 Å². The van der Waals surface area contributed by atoms with E-state index in [-0.39, 0.29) is 24.0 Å². The highest BCUT2D eigenvalue weighted by Crippen LogP contribution is 2.14. The number of hydrogen-bond acceptors (Lipinski definition) is 3. The molecule has 130 valence electrons. The molecule has 0 unspecified atom stereocenters. The fraction of sp³-hybridized carbons (Fsp3) is 0.294. The van der Waals surface area contributed by atoms with Crippen LogP contribution in [0.5, 0.6) is 5.88 Å². The number of guanidine groups is 1. The van der Waals surface area contributed by atoms with Crippen molar-refractivity contribution >= 4 is 41.5 Å². The van der Waals surface area contributed by atoms with Gasteiger partial charge in [-0.15, -0.1) is 24.0 Å². The molecule has 0 amide bonds. The summed E-state index contributed by atoms with van der Waals surface area (Å²) >= 11 is 6.15. The molecular weight excluding hydrogens is 439 g/mol. The van der Waals surface area contributed by atoms with Crippen molar-refractivity contribution in [2.45, 2.75) is 13.0 Å². The van der Waals surface area contributed by atoms with Crippen LogP contribution in [0.4, 0.5) is 0 Å². The second-order valence-electron chi connectivity index (χ2n) is 4.90. The number of benzene rings is 1. The quantitative estimate of drug-likeness (QED) is 0.395. The Hall–Kier alpha value is -1.54. The van der Waals surface area contributed by atoms with E-state index >= 15 is 0 Å². The van der Waals surface area contributed by atoms with E-state index in [2.05, 4.69) is 20.6 Å². The molecular formula is C17H22ClIN4O. The number of nitrogens with zero attached hydrogens (tertiary/aromatic N) is 2. The van der Waals surface area contributed by atoms with Gasteiger partial charge in [-0.05, 0) is 29.7 Å². The zero-order valence-corrected chi connectivity index (χ0v) is 16.8. The van der Waals surface area contributed by atoms with Gasteiger partial charge in [-0.1, -0.05) is 29.8 Å². The molecule has 2 aromatic rings. The Morgan fingerprint density at radius 2 is 2.04 bits per heavy atom. The highest BCUT2D eigenvalue weighted by atomic mass is 127. The third kappa shape index (κ3) is 6.52. The molecule has 0 spiro atoms. The average molecular weight is 461 g/mol. The number of hydrogen-bond donors (Lipinski definition) is 2. The summed E-state index contributed by atoms with van der Waals surface area (Å²) in [7, 11) is 3.35. The van der Waals surface area contributed by atoms with Crippen molar-refractivity contribution < 1.29 is 4.74 Å². The zero-order chi connectivity index (χ0) is 16.5. The smallest absolute Gasteiger partial charge is 0.213 e. The lowest BCUT2D eigenvalue weighted by atomic mass is 10.1. The van der Waals surface area contributed by atoms with Crippen LogP contribution in [-0.2, 0) is 13.0 Å². The van der Waals surface area contributed by atoms with Crippen LogP contribution in [0.1, 0.15) is 11.1 Å². The molecule has 0 atom stereocenters. The van der Waals surface area contributed by atoms with Crippen LogP contribution in [0.15, 0.2) is 47.6 Å². The predicted molar refractivity (Wildman–Crippen MR) is 110 cm³/mol. The summed E-state index contributed by atoms with van der Waals surface area (Å²) in [6.45, 7) is 1.40. The van der Waals surface area contributed by atoms with Gasteiger partial charge < -0.3 is 15.4 Å². The second-order valence-corrected chi connectivity index (χ2v) is 5.31. The van der Waals surface area contributed by atoms with Gasteiger partial charge in [0.2, 0.25) is 5.88 Å². The molecule has 2 N–H and O–H groups in total. The van der Waals surface area contributed by atoms with Crippen molar-refractivity contribution in [2.75, 3.05) is 20.7 Å². The van der Waals surface area contributed by atoms with Gasteiger partial charge in [-0.3, -0.25) is 4.99 Å². The molecule has 5 nitrogen and oxygen atoms in total. The number of pyridine rings is 1. The van der Waals surface area contributed by atoms with Gasteiger partial charge in [-0.2, -0.15) is 0 Å². The number of halogens is 2. The van der Waals surface area contributed by atoms with Crippen molar-refractivity contribution in [3.05, 3.63) is 58.7 Å². The maximum Gasteiger partial charge on any atom is 0.213 e. The van der Waals surface area contributed by atoms with E-state index in [1.54, 1.807) is 20.4 Å². The van der Waals surface area contributed by atoms with Crippen molar-refractivity contribution in [3.8, 4) is 5.88 Å². The number of methoxy groups -OCH3 is 1.